The first kappa shape index (κ1) is 11.7. The predicted molar refractivity (Wildman–Crippen MR) is 71.5 cm³/mol. The Labute approximate surface area is 108 Å². The zero-order valence-corrected chi connectivity index (χ0v) is 10.9. The number of piperidine rings is 3. The van der Waals surface area contributed by atoms with Gasteiger partial charge in [0.1, 0.15) is 0 Å². The molecule has 3 fully saturated rings. The van der Waals surface area contributed by atoms with E-state index in [0.717, 1.165) is 12.1 Å². The molecule has 0 radical (unpaired) electrons. The van der Waals surface area contributed by atoms with E-state index < -0.39 is 0 Å². The van der Waals surface area contributed by atoms with Gasteiger partial charge in [-0.3, -0.25) is 4.79 Å². The lowest BCUT2D eigenvalue weighted by atomic mass is 9.83. The minimum Gasteiger partial charge on any atom is -0.337 e. The van der Waals surface area contributed by atoms with Crippen molar-refractivity contribution in [2.24, 2.45) is 5.92 Å². The van der Waals surface area contributed by atoms with Crippen LogP contribution in [0.2, 0.25) is 0 Å². The summed E-state index contributed by atoms with van der Waals surface area (Å²) < 4.78 is 0. The van der Waals surface area contributed by atoms with Gasteiger partial charge in [0.15, 0.2) is 0 Å². The molecule has 3 heterocycles. The largest absolute Gasteiger partial charge is 0.337 e. The third-order valence-corrected chi connectivity index (χ3v) is 4.46. The van der Waals surface area contributed by atoms with E-state index in [4.69, 9.17) is 0 Å². The van der Waals surface area contributed by atoms with E-state index in [2.05, 4.69) is 4.90 Å². The monoisotopic (exact) mass is 244 g/mol. The van der Waals surface area contributed by atoms with Crippen molar-refractivity contribution in [1.29, 1.82) is 0 Å². The summed E-state index contributed by atoms with van der Waals surface area (Å²) in [5.74, 6) is 0.863. The molecule has 0 aliphatic carbocycles. The maximum atomic E-state index is 12.4. The highest BCUT2D eigenvalue weighted by atomic mass is 16.2. The van der Waals surface area contributed by atoms with Gasteiger partial charge in [-0.1, -0.05) is 18.2 Å². The quantitative estimate of drug-likeness (QED) is 0.792. The van der Waals surface area contributed by atoms with Gasteiger partial charge >= 0.3 is 0 Å². The molecule has 0 spiro atoms. The summed E-state index contributed by atoms with van der Waals surface area (Å²) in [6.07, 6.45) is 2.49. The summed E-state index contributed by atoms with van der Waals surface area (Å²) >= 11 is 0. The summed E-state index contributed by atoms with van der Waals surface area (Å²) in [4.78, 5) is 16.9. The van der Waals surface area contributed by atoms with Crippen molar-refractivity contribution >= 4 is 5.91 Å². The van der Waals surface area contributed by atoms with Crippen LogP contribution >= 0.6 is 0 Å². The zero-order valence-electron chi connectivity index (χ0n) is 10.9. The van der Waals surface area contributed by atoms with Crippen LogP contribution in [0.3, 0.4) is 0 Å². The molecular weight excluding hydrogens is 224 g/mol. The molecule has 0 aromatic heterocycles. The highest BCUT2D eigenvalue weighted by Crippen LogP contribution is 2.30. The van der Waals surface area contributed by atoms with Crippen LogP contribution in [0.5, 0.6) is 0 Å². The fraction of sp³-hybridized carbons (Fsp3) is 0.533. The molecule has 96 valence electrons. The first-order valence-electron chi connectivity index (χ1n) is 6.80. The van der Waals surface area contributed by atoms with Gasteiger partial charge < -0.3 is 9.80 Å². The third kappa shape index (κ3) is 2.03. The molecule has 3 aliphatic rings. The zero-order chi connectivity index (χ0) is 12.5. The second-order valence-corrected chi connectivity index (χ2v) is 5.49. The number of fused-ring (bicyclic) bond motifs is 3. The normalized spacial score (nSPS) is 30.2. The number of rotatable bonds is 2. The third-order valence-electron chi connectivity index (χ3n) is 4.46. The average Bonchev–Trinajstić information content (AvgIpc) is 2.48. The summed E-state index contributed by atoms with van der Waals surface area (Å²) in [5.41, 5.74) is 0.802. The lowest BCUT2D eigenvalue weighted by molar-refractivity contribution is 0.0162. The summed E-state index contributed by atoms with van der Waals surface area (Å²) in [7, 11) is 1.96. The Bertz CT molecular complexity index is 423. The number of amides is 1. The molecule has 3 heteroatoms. The van der Waals surface area contributed by atoms with Crippen LogP contribution in [0, 0.1) is 5.92 Å². The Hall–Kier alpha value is -1.35. The SMILES string of the molecule is CN(C(=O)c1ccccc1)C1CN2CCC1CC2. The first-order valence-corrected chi connectivity index (χ1v) is 6.80. The fourth-order valence-electron chi connectivity index (χ4n) is 3.31. The Balaban J connectivity index is 1.75. The van der Waals surface area contributed by atoms with Gasteiger partial charge in [-0.05, 0) is 44.0 Å². The van der Waals surface area contributed by atoms with E-state index >= 15 is 0 Å². The Morgan fingerprint density at radius 2 is 1.89 bits per heavy atom. The van der Waals surface area contributed by atoms with Crippen molar-refractivity contribution in [3.05, 3.63) is 35.9 Å². The number of likely N-dealkylation sites (N-methyl/N-ethyl adjacent to an activating group) is 1. The fourth-order valence-corrected chi connectivity index (χ4v) is 3.31. The molecule has 3 saturated heterocycles. The maximum absolute atomic E-state index is 12.4. The molecule has 1 aromatic rings. The minimum atomic E-state index is 0.161. The van der Waals surface area contributed by atoms with Gasteiger partial charge in [-0.15, -0.1) is 0 Å². The van der Waals surface area contributed by atoms with Gasteiger partial charge in [-0.2, -0.15) is 0 Å². The van der Waals surface area contributed by atoms with Crippen molar-refractivity contribution in [1.82, 2.24) is 9.80 Å². The molecule has 18 heavy (non-hydrogen) atoms. The van der Waals surface area contributed by atoms with Gasteiger partial charge in [0.2, 0.25) is 0 Å². The number of benzene rings is 1. The molecule has 1 unspecified atom stereocenters. The second-order valence-electron chi connectivity index (χ2n) is 5.49. The van der Waals surface area contributed by atoms with Gasteiger partial charge in [0.25, 0.3) is 5.91 Å². The summed E-state index contributed by atoms with van der Waals surface area (Å²) in [5, 5.41) is 0. The topological polar surface area (TPSA) is 23.6 Å². The van der Waals surface area contributed by atoms with Crippen LogP contribution < -0.4 is 0 Å². The van der Waals surface area contributed by atoms with Gasteiger partial charge in [-0.25, -0.2) is 0 Å². The Morgan fingerprint density at radius 1 is 1.22 bits per heavy atom. The van der Waals surface area contributed by atoms with E-state index in [1.54, 1.807) is 0 Å². The predicted octanol–water partition coefficient (Wildman–Crippen LogP) is 1.85. The summed E-state index contributed by atoms with van der Waals surface area (Å²) in [6, 6.07) is 10.0. The van der Waals surface area contributed by atoms with Gasteiger partial charge in [0, 0.05) is 25.2 Å². The molecule has 1 atom stereocenters. The standard InChI is InChI=1S/C15H20N2O/c1-16(15(18)13-5-3-2-4-6-13)14-11-17-9-7-12(14)8-10-17/h2-6,12,14H,7-11H2,1H3. The van der Waals surface area contributed by atoms with Crippen molar-refractivity contribution in [3.63, 3.8) is 0 Å². The molecule has 3 aliphatic heterocycles. The van der Waals surface area contributed by atoms with Crippen LogP contribution in [0.4, 0.5) is 0 Å². The number of hydrogen-bond acceptors (Lipinski definition) is 2. The molecule has 4 rings (SSSR count). The van der Waals surface area contributed by atoms with Crippen LogP contribution in [0.1, 0.15) is 23.2 Å². The molecule has 1 aromatic carbocycles. The van der Waals surface area contributed by atoms with Crippen molar-refractivity contribution in [2.75, 3.05) is 26.7 Å². The van der Waals surface area contributed by atoms with E-state index in [0.29, 0.717) is 12.0 Å². The molecule has 0 saturated carbocycles. The minimum absolute atomic E-state index is 0.161. The number of carbonyl (C=O) groups excluding carboxylic acids is 1. The molecule has 2 bridgehead atoms. The highest BCUT2D eigenvalue weighted by Gasteiger charge is 2.37. The van der Waals surface area contributed by atoms with E-state index in [1.165, 1.54) is 25.9 Å². The molecule has 1 amide bonds. The van der Waals surface area contributed by atoms with Crippen molar-refractivity contribution < 1.29 is 4.79 Å². The Morgan fingerprint density at radius 3 is 2.44 bits per heavy atom. The average molecular weight is 244 g/mol. The van der Waals surface area contributed by atoms with Crippen LogP contribution in [-0.2, 0) is 0 Å². The lowest BCUT2D eigenvalue weighted by Crippen LogP contribution is -2.57. The molecule has 3 nitrogen and oxygen atoms in total. The van der Waals surface area contributed by atoms with Crippen LogP contribution in [-0.4, -0.2) is 48.4 Å². The van der Waals surface area contributed by atoms with E-state index in [1.807, 2.05) is 42.3 Å². The van der Waals surface area contributed by atoms with Crippen LogP contribution in [0.25, 0.3) is 0 Å². The molecular formula is C15H20N2O. The van der Waals surface area contributed by atoms with E-state index in [9.17, 15) is 4.79 Å². The van der Waals surface area contributed by atoms with Crippen molar-refractivity contribution in [3.8, 4) is 0 Å². The lowest BCUT2D eigenvalue weighted by Gasteiger charge is -2.48. The van der Waals surface area contributed by atoms with Crippen molar-refractivity contribution in [2.45, 2.75) is 18.9 Å². The van der Waals surface area contributed by atoms with Gasteiger partial charge in [0.05, 0.1) is 0 Å². The Kier molecular flexibility index (Phi) is 3.08. The first-order chi connectivity index (χ1) is 8.75. The number of carbonyl (C=O) groups is 1. The number of hydrogen-bond donors (Lipinski definition) is 0. The summed E-state index contributed by atoms with van der Waals surface area (Å²) in [6.45, 7) is 3.49. The molecule has 0 N–H and O–H groups in total. The van der Waals surface area contributed by atoms with E-state index in [-0.39, 0.29) is 5.91 Å². The highest BCUT2D eigenvalue weighted by molar-refractivity contribution is 5.94. The van der Waals surface area contributed by atoms with Crippen LogP contribution in [0.15, 0.2) is 30.3 Å². The second kappa shape index (κ2) is 4.73. The smallest absolute Gasteiger partial charge is 0.253 e. The number of nitrogens with zero attached hydrogens (tertiary/aromatic N) is 2. The maximum Gasteiger partial charge on any atom is 0.253 e.